The van der Waals surface area contributed by atoms with Crippen molar-refractivity contribution in [3.05, 3.63) is 182 Å². The second-order valence-corrected chi connectivity index (χ2v) is 15.0. The lowest BCUT2D eigenvalue weighted by atomic mass is 10.1. The van der Waals surface area contributed by atoms with Gasteiger partial charge in [0, 0.05) is 28.2 Å². The smallest absolute Gasteiger partial charge is 0.181 e. The van der Waals surface area contributed by atoms with E-state index in [1.165, 1.54) is 48.2 Å². The Balaban J connectivity index is 1.44. The van der Waals surface area contributed by atoms with Crippen molar-refractivity contribution in [1.82, 2.24) is 9.55 Å². The van der Waals surface area contributed by atoms with E-state index < -0.39 is 8.07 Å². The van der Waals surface area contributed by atoms with Crippen LogP contribution < -0.4 is 20.7 Å². The van der Waals surface area contributed by atoms with E-state index in [0.717, 1.165) is 11.3 Å². The van der Waals surface area contributed by atoms with Crippen molar-refractivity contribution < 1.29 is 0 Å². The number of pyridine rings is 1. The molecule has 0 aliphatic heterocycles. The Hall–Kier alpha value is -5.51. The van der Waals surface area contributed by atoms with Gasteiger partial charge in [0.25, 0.3) is 0 Å². The molecule has 0 N–H and O–H groups in total. The van der Waals surface area contributed by atoms with Gasteiger partial charge in [-0.15, -0.1) is 0 Å². The van der Waals surface area contributed by atoms with Crippen LogP contribution >= 0.6 is 0 Å². The standard InChI is InChI=1S/C41H30N2Si/c1-5-15-31(16-6-1)39-27-25-36(30-42-39)44(33-19-9-3-10-20-33,34-21-11-4-12-22-34)35-26-28-41-38(29-35)37-23-13-14-24-40(37)43(41)32-17-7-2-8-18-32/h1-30H. The van der Waals surface area contributed by atoms with Gasteiger partial charge in [0.2, 0.25) is 0 Å². The molecule has 0 atom stereocenters. The van der Waals surface area contributed by atoms with Gasteiger partial charge in [-0.3, -0.25) is 4.98 Å². The van der Waals surface area contributed by atoms with Gasteiger partial charge in [0.05, 0.1) is 16.7 Å². The Kier molecular flexibility index (Phi) is 6.51. The first-order valence-corrected chi connectivity index (χ1v) is 17.1. The second kappa shape index (κ2) is 11.0. The molecule has 0 spiro atoms. The monoisotopic (exact) mass is 578 g/mol. The minimum atomic E-state index is -2.77. The molecule has 0 unspecified atom stereocenters. The summed E-state index contributed by atoms with van der Waals surface area (Å²) in [6, 6.07) is 63.7. The van der Waals surface area contributed by atoms with Gasteiger partial charge in [-0.25, -0.2) is 0 Å². The molecule has 0 aliphatic rings. The summed E-state index contributed by atoms with van der Waals surface area (Å²) >= 11 is 0. The molecule has 0 saturated heterocycles. The highest BCUT2D eigenvalue weighted by Gasteiger charge is 2.42. The van der Waals surface area contributed by atoms with E-state index in [-0.39, 0.29) is 0 Å². The summed E-state index contributed by atoms with van der Waals surface area (Å²) in [5, 5.41) is 7.81. The predicted molar refractivity (Wildman–Crippen MR) is 188 cm³/mol. The number of hydrogen-bond acceptors (Lipinski definition) is 1. The van der Waals surface area contributed by atoms with E-state index in [1.807, 2.05) is 6.07 Å². The SMILES string of the molecule is c1ccc(-c2ccc([Si](c3ccccc3)(c3ccccc3)c3ccc4c(c3)c3ccccc3n4-c3ccccc3)cn2)cc1. The number of aromatic nitrogens is 2. The van der Waals surface area contributed by atoms with E-state index in [9.17, 15) is 0 Å². The largest absolute Gasteiger partial charge is 0.309 e. The van der Waals surface area contributed by atoms with E-state index in [0.29, 0.717) is 0 Å². The summed E-state index contributed by atoms with van der Waals surface area (Å²) in [7, 11) is -2.77. The van der Waals surface area contributed by atoms with Crippen LogP contribution in [0.3, 0.4) is 0 Å². The highest BCUT2D eigenvalue weighted by molar-refractivity contribution is 7.20. The Morgan fingerprint density at radius 3 is 1.59 bits per heavy atom. The first kappa shape index (κ1) is 26.1. The summed E-state index contributed by atoms with van der Waals surface area (Å²) < 4.78 is 2.39. The number of fused-ring (bicyclic) bond motifs is 3. The summed E-state index contributed by atoms with van der Waals surface area (Å²) in [5.74, 6) is 0. The van der Waals surface area contributed by atoms with Crippen molar-refractivity contribution in [3.8, 4) is 16.9 Å². The fourth-order valence-electron chi connectivity index (χ4n) is 6.83. The van der Waals surface area contributed by atoms with Crippen LogP contribution in [0.2, 0.25) is 0 Å². The van der Waals surface area contributed by atoms with Crippen molar-refractivity contribution >= 4 is 50.6 Å². The van der Waals surface area contributed by atoms with E-state index in [2.05, 4.69) is 181 Å². The number of rotatable bonds is 6. The quantitative estimate of drug-likeness (QED) is 0.150. The molecule has 0 aliphatic carbocycles. The van der Waals surface area contributed by atoms with Gasteiger partial charge < -0.3 is 4.57 Å². The molecule has 0 radical (unpaired) electrons. The third-order valence-electron chi connectivity index (χ3n) is 8.80. The summed E-state index contributed by atoms with van der Waals surface area (Å²) in [6.07, 6.45) is 2.13. The number of para-hydroxylation sites is 2. The lowest BCUT2D eigenvalue weighted by Crippen LogP contribution is -2.74. The zero-order chi connectivity index (χ0) is 29.3. The zero-order valence-corrected chi connectivity index (χ0v) is 25.2. The summed E-state index contributed by atoms with van der Waals surface area (Å²) in [6.45, 7) is 0. The van der Waals surface area contributed by atoms with Crippen molar-refractivity contribution in [3.63, 3.8) is 0 Å². The Morgan fingerprint density at radius 1 is 0.409 bits per heavy atom. The van der Waals surface area contributed by atoms with Crippen LogP contribution in [0.15, 0.2) is 182 Å². The van der Waals surface area contributed by atoms with Crippen LogP contribution in [-0.4, -0.2) is 17.6 Å². The van der Waals surface area contributed by atoms with Gasteiger partial charge in [-0.05, 0) is 51.1 Å². The molecule has 2 aromatic heterocycles. The molecule has 208 valence electrons. The number of hydrogen-bond donors (Lipinski definition) is 0. The summed E-state index contributed by atoms with van der Waals surface area (Å²) in [4.78, 5) is 5.08. The molecule has 2 nitrogen and oxygen atoms in total. The maximum Gasteiger partial charge on any atom is 0.181 e. The average molecular weight is 579 g/mol. The van der Waals surface area contributed by atoms with Gasteiger partial charge in [-0.1, -0.05) is 146 Å². The third kappa shape index (κ3) is 4.21. The molecule has 8 aromatic rings. The van der Waals surface area contributed by atoms with Crippen LogP contribution in [0.4, 0.5) is 0 Å². The molecule has 0 bridgehead atoms. The van der Waals surface area contributed by atoms with Crippen LogP contribution in [0, 0.1) is 0 Å². The maximum atomic E-state index is 5.08. The molecule has 6 aromatic carbocycles. The second-order valence-electron chi connectivity index (χ2n) is 11.2. The Bertz CT molecular complexity index is 2150. The van der Waals surface area contributed by atoms with Crippen LogP contribution in [0.1, 0.15) is 0 Å². The van der Waals surface area contributed by atoms with Crippen LogP contribution in [0.5, 0.6) is 0 Å². The molecule has 0 saturated carbocycles. The first-order chi connectivity index (χ1) is 21.8. The minimum Gasteiger partial charge on any atom is -0.309 e. The van der Waals surface area contributed by atoms with Crippen molar-refractivity contribution in [2.45, 2.75) is 0 Å². The molecule has 0 amide bonds. The Morgan fingerprint density at radius 2 is 0.955 bits per heavy atom. The predicted octanol–water partition coefficient (Wildman–Crippen LogP) is 7.22. The first-order valence-electron chi connectivity index (χ1n) is 15.1. The van der Waals surface area contributed by atoms with Gasteiger partial charge in [-0.2, -0.15) is 0 Å². The molecule has 0 fully saturated rings. The van der Waals surface area contributed by atoms with Crippen LogP contribution in [-0.2, 0) is 0 Å². The minimum absolute atomic E-state index is 0.986. The molecule has 8 rings (SSSR count). The molecule has 2 heterocycles. The number of benzene rings is 6. The third-order valence-corrected chi connectivity index (χ3v) is 13.5. The molecular weight excluding hydrogens is 549 g/mol. The fraction of sp³-hybridized carbons (Fsp3) is 0. The van der Waals surface area contributed by atoms with Crippen molar-refractivity contribution in [2.24, 2.45) is 0 Å². The maximum absolute atomic E-state index is 5.08. The highest BCUT2D eigenvalue weighted by atomic mass is 28.3. The zero-order valence-electron chi connectivity index (χ0n) is 24.2. The van der Waals surface area contributed by atoms with Crippen molar-refractivity contribution in [2.75, 3.05) is 0 Å². The van der Waals surface area contributed by atoms with E-state index in [4.69, 9.17) is 4.98 Å². The molecule has 3 heteroatoms. The lowest BCUT2D eigenvalue weighted by Gasteiger charge is -2.34. The van der Waals surface area contributed by atoms with E-state index >= 15 is 0 Å². The van der Waals surface area contributed by atoms with E-state index in [1.54, 1.807) is 0 Å². The summed E-state index contributed by atoms with van der Waals surface area (Å²) in [5.41, 5.74) is 5.71. The van der Waals surface area contributed by atoms with Gasteiger partial charge in [0.1, 0.15) is 0 Å². The normalized spacial score (nSPS) is 11.6. The number of nitrogens with zero attached hydrogens (tertiary/aromatic N) is 2. The van der Waals surface area contributed by atoms with Gasteiger partial charge in [0.15, 0.2) is 8.07 Å². The molecular formula is C41H30N2Si. The average Bonchev–Trinajstić information content (AvgIpc) is 3.44. The highest BCUT2D eigenvalue weighted by Crippen LogP contribution is 2.32. The van der Waals surface area contributed by atoms with Crippen LogP contribution in [0.25, 0.3) is 38.8 Å². The van der Waals surface area contributed by atoms with Crippen molar-refractivity contribution in [1.29, 1.82) is 0 Å². The topological polar surface area (TPSA) is 17.8 Å². The van der Waals surface area contributed by atoms with Gasteiger partial charge >= 0.3 is 0 Å². The Labute approximate surface area is 258 Å². The fourth-order valence-corrected chi connectivity index (χ4v) is 11.5. The lowest BCUT2D eigenvalue weighted by molar-refractivity contribution is 1.18. The molecule has 44 heavy (non-hydrogen) atoms.